The van der Waals surface area contributed by atoms with E-state index in [2.05, 4.69) is 0 Å². The SMILES string of the molecule is O=Cc1cc(Cl)ccc1S(=O)(=O)OC1OCCO1. The minimum atomic E-state index is -4.14. The van der Waals surface area contributed by atoms with E-state index in [-0.39, 0.29) is 28.7 Å². The third kappa shape index (κ3) is 2.88. The maximum atomic E-state index is 11.9. The van der Waals surface area contributed by atoms with Crippen LogP contribution in [0.5, 0.6) is 0 Å². The predicted molar refractivity (Wildman–Crippen MR) is 60.8 cm³/mol. The van der Waals surface area contributed by atoms with Gasteiger partial charge in [-0.15, -0.1) is 0 Å². The second-order valence-electron chi connectivity index (χ2n) is 3.38. The molecule has 0 radical (unpaired) electrons. The first kappa shape index (κ1) is 13.4. The number of ether oxygens (including phenoxy) is 2. The molecule has 1 aromatic rings. The van der Waals surface area contributed by atoms with Crippen LogP contribution in [0.15, 0.2) is 23.1 Å². The van der Waals surface area contributed by atoms with Crippen molar-refractivity contribution >= 4 is 28.0 Å². The maximum absolute atomic E-state index is 11.9. The van der Waals surface area contributed by atoms with Crippen LogP contribution < -0.4 is 0 Å². The van der Waals surface area contributed by atoms with Gasteiger partial charge in [-0.25, -0.2) is 4.18 Å². The lowest BCUT2D eigenvalue weighted by molar-refractivity contribution is -0.173. The quantitative estimate of drug-likeness (QED) is 0.612. The Morgan fingerprint density at radius 1 is 1.33 bits per heavy atom. The molecule has 0 aliphatic carbocycles. The lowest BCUT2D eigenvalue weighted by Crippen LogP contribution is -2.19. The van der Waals surface area contributed by atoms with E-state index in [1.165, 1.54) is 18.2 Å². The summed E-state index contributed by atoms with van der Waals surface area (Å²) in [7, 11) is -4.14. The number of carbonyl (C=O) groups excluding carboxylic acids is 1. The molecule has 98 valence electrons. The molecule has 0 bridgehead atoms. The third-order valence-corrected chi connectivity index (χ3v) is 3.72. The van der Waals surface area contributed by atoms with Gasteiger partial charge in [-0.05, 0) is 18.2 Å². The normalized spacial score (nSPS) is 16.9. The zero-order valence-corrected chi connectivity index (χ0v) is 10.6. The molecule has 18 heavy (non-hydrogen) atoms. The summed E-state index contributed by atoms with van der Waals surface area (Å²) < 4.78 is 38.2. The lowest BCUT2D eigenvalue weighted by atomic mass is 10.2. The van der Waals surface area contributed by atoms with Gasteiger partial charge in [-0.3, -0.25) is 4.79 Å². The number of halogens is 1. The highest BCUT2D eigenvalue weighted by atomic mass is 35.5. The Kier molecular flexibility index (Phi) is 3.98. The van der Waals surface area contributed by atoms with Crippen molar-refractivity contribution in [3.05, 3.63) is 28.8 Å². The van der Waals surface area contributed by atoms with Crippen LogP contribution in [0.2, 0.25) is 5.02 Å². The van der Waals surface area contributed by atoms with Crippen molar-refractivity contribution in [3.63, 3.8) is 0 Å². The van der Waals surface area contributed by atoms with Crippen molar-refractivity contribution in [2.45, 2.75) is 11.4 Å². The summed E-state index contributed by atoms with van der Waals surface area (Å²) in [5.41, 5.74) is -0.0829. The van der Waals surface area contributed by atoms with Crippen LogP contribution in [0.3, 0.4) is 0 Å². The zero-order valence-electron chi connectivity index (χ0n) is 9.04. The summed E-state index contributed by atoms with van der Waals surface area (Å²) in [5.74, 6) is 0. The molecule has 6 nitrogen and oxygen atoms in total. The molecule has 1 fully saturated rings. The number of hydrogen-bond acceptors (Lipinski definition) is 6. The van der Waals surface area contributed by atoms with E-state index >= 15 is 0 Å². The van der Waals surface area contributed by atoms with Crippen molar-refractivity contribution in [2.24, 2.45) is 0 Å². The summed E-state index contributed by atoms with van der Waals surface area (Å²) in [4.78, 5) is 10.5. The predicted octanol–water partition coefficient (Wildman–Crippen LogP) is 1.19. The van der Waals surface area contributed by atoms with Gasteiger partial charge in [0.1, 0.15) is 4.90 Å². The van der Waals surface area contributed by atoms with E-state index in [0.29, 0.717) is 6.29 Å². The number of hydrogen-bond donors (Lipinski definition) is 0. The molecule has 1 aliphatic heterocycles. The van der Waals surface area contributed by atoms with Gasteiger partial charge >= 0.3 is 10.1 Å². The van der Waals surface area contributed by atoms with Crippen molar-refractivity contribution < 1.29 is 26.9 Å². The summed E-state index contributed by atoms with van der Waals surface area (Å²) in [6.45, 7) is -0.770. The topological polar surface area (TPSA) is 78.9 Å². The molecular formula is C10H9ClO6S. The average Bonchev–Trinajstić information content (AvgIpc) is 2.80. The van der Waals surface area contributed by atoms with Crippen molar-refractivity contribution in [2.75, 3.05) is 13.2 Å². The Hall–Kier alpha value is -0.990. The highest BCUT2D eigenvalue weighted by Gasteiger charge is 2.28. The van der Waals surface area contributed by atoms with E-state index in [1.54, 1.807) is 0 Å². The molecule has 0 amide bonds. The Balaban J connectivity index is 2.31. The van der Waals surface area contributed by atoms with Crippen LogP contribution in [0.4, 0.5) is 0 Å². The van der Waals surface area contributed by atoms with Gasteiger partial charge in [0.25, 0.3) is 6.48 Å². The fourth-order valence-corrected chi connectivity index (χ4v) is 2.62. The molecule has 8 heteroatoms. The zero-order chi connectivity index (χ0) is 13.2. The monoisotopic (exact) mass is 292 g/mol. The standard InChI is InChI=1S/C10H9ClO6S/c11-8-1-2-9(7(5-8)6-12)18(13,14)17-10-15-3-4-16-10/h1-2,5-6,10H,3-4H2. The third-order valence-electron chi connectivity index (χ3n) is 2.16. The van der Waals surface area contributed by atoms with Gasteiger partial charge in [0.15, 0.2) is 6.29 Å². The molecule has 0 saturated carbocycles. The fourth-order valence-electron chi connectivity index (χ4n) is 1.39. The van der Waals surface area contributed by atoms with E-state index in [9.17, 15) is 13.2 Å². The molecular weight excluding hydrogens is 284 g/mol. The Morgan fingerprint density at radius 2 is 2.00 bits per heavy atom. The van der Waals surface area contributed by atoms with E-state index < -0.39 is 16.6 Å². The molecule has 0 N–H and O–H groups in total. The molecule has 0 spiro atoms. The Bertz CT molecular complexity index is 549. The van der Waals surface area contributed by atoms with Crippen LogP contribution in [0.1, 0.15) is 10.4 Å². The first-order valence-electron chi connectivity index (χ1n) is 4.94. The van der Waals surface area contributed by atoms with Crippen LogP contribution in [0.25, 0.3) is 0 Å². The van der Waals surface area contributed by atoms with E-state index in [4.69, 9.17) is 25.3 Å². The molecule has 0 aromatic heterocycles. The highest BCUT2D eigenvalue weighted by molar-refractivity contribution is 7.86. The maximum Gasteiger partial charge on any atom is 0.302 e. The second-order valence-corrected chi connectivity index (χ2v) is 5.36. The largest absolute Gasteiger partial charge is 0.327 e. The van der Waals surface area contributed by atoms with Crippen molar-refractivity contribution in [3.8, 4) is 0 Å². The van der Waals surface area contributed by atoms with E-state index in [0.717, 1.165) is 0 Å². The second kappa shape index (κ2) is 5.33. The van der Waals surface area contributed by atoms with Gasteiger partial charge in [-0.1, -0.05) is 11.6 Å². The number of benzene rings is 1. The average molecular weight is 293 g/mol. The number of carbonyl (C=O) groups is 1. The fraction of sp³-hybridized carbons (Fsp3) is 0.300. The van der Waals surface area contributed by atoms with Crippen molar-refractivity contribution in [1.29, 1.82) is 0 Å². The number of aldehydes is 1. The number of rotatable bonds is 4. The van der Waals surface area contributed by atoms with Crippen LogP contribution in [0, 0.1) is 0 Å². The van der Waals surface area contributed by atoms with Crippen molar-refractivity contribution in [1.82, 2.24) is 0 Å². The van der Waals surface area contributed by atoms with Gasteiger partial charge in [-0.2, -0.15) is 8.42 Å². The molecule has 1 aliphatic rings. The van der Waals surface area contributed by atoms with E-state index in [1.807, 2.05) is 0 Å². The van der Waals surface area contributed by atoms with Gasteiger partial charge in [0.05, 0.1) is 13.2 Å². The van der Waals surface area contributed by atoms with Crippen LogP contribution in [-0.4, -0.2) is 34.4 Å². The molecule has 2 rings (SSSR count). The molecule has 0 unspecified atom stereocenters. The molecule has 0 atom stereocenters. The van der Waals surface area contributed by atoms with Gasteiger partial charge in [0, 0.05) is 10.6 Å². The van der Waals surface area contributed by atoms with Crippen LogP contribution in [-0.2, 0) is 23.8 Å². The smallest absolute Gasteiger partial charge is 0.302 e. The molecule has 1 aromatic carbocycles. The van der Waals surface area contributed by atoms with Gasteiger partial charge < -0.3 is 9.47 Å². The minimum Gasteiger partial charge on any atom is -0.327 e. The Labute approximate surface area is 109 Å². The molecule has 1 saturated heterocycles. The van der Waals surface area contributed by atoms with Crippen LogP contribution >= 0.6 is 11.6 Å². The minimum absolute atomic E-state index is 0.0829. The lowest BCUT2D eigenvalue weighted by Gasteiger charge is -2.11. The Morgan fingerprint density at radius 3 is 2.61 bits per heavy atom. The summed E-state index contributed by atoms with van der Waals surface area (Å²) in [5, 5.41) is 0.254. The van der Waals surface area contributed by atoms with Gasteiger partial charge in [0.2, 0.25) is 0 Å². The summed E-state index contributed by atoms with van der Waals surface area (Å²) >= 11 is 5.67. The summed E-state index contributed by atoms with van der Waals surface area (Å²) in [6.07, 6.45) is 0.387. The first-order chi connectivity index (χ1) is 8.53. The highest BCUT2D eigenvalue weighted by Crippen LogP contribution is 2.23. The summed E-state index contributed by atoms with van der Waals surface area (Å²) in [6, 6.07) is 3.78. The first-order valence-corrected chi connectivity index (χ1v) is 6.73. The molecule has 1 heterocycles.